The number of hydrogen-bond acceptors (Lipinski definition) is 5. The molecular weight excluding hydrogens is 492 g/mol. The highest BCUT2D eigenvalue weighted by Gasteiger charge is 2.28. The molecular formula is C32H42N2O3S. The molecule has 2 aromatic carbocycles. The molecule has 5 nitrogen and oxygen atoms in total. The third kappa shape index (κ3) is 8.00. The van der Waals surface area contributed by atoms with E-state index in [0.29, 0.717) is 25.4 Å². The summed E-state index contributed by atoms with van der Waals surface area (Å²) in [5, 5.41) is 23.4. The molecule has 3 N–H and O–H groups in total. The van der Waals surface area contributed by atoms with Crippen LogP contribution in [-0.2, 0) is 30.6 Å². The minimum atomic E-state index is -0.761. The fourth-order valence-corrected chi connectivity index (χ4v) is 6.95. The van der Waals surface area contributed by atoms with Gasteiger partial charge in [0, 0.05) is 34.9 Å². The van der Waals surface area contributed by atoms with Gasteiger partial charge in [0.2, 0.25) is 0 Å². The smallest absolute Gasteiger partial charge is 0.303 e. The number of carboxylic acid groups (broad SMARTS) is 1. The minimum Gasteiger partial charge on any atom is -0.481 e. The Hall–Kier alpha value is -2.51. The molecule has 0 saturated carbocycles. The number of likely N-dealkylation sites (N-methyl/N-ethyl adjacent to an activating group) is 1. The zero-order valence-electron chi connectivity index (χ0n) is 23.2. The lowest BCUT2D eigenvalue weighted by molar-refractivity contribution is -0.136. The summed E-state index contributed by atoms with van der Waals surface area (Å²) in [6.07, 6.45) is 3.69. The van der Waals surface area contributed by atoms with Crippen molar-refractivity contribution in [3.05, 3.63) is 81.7 Å². The van der Waals surface area contributed by atoms with Crippen molar-refractivity contribution in [3.8, 4) is 10.4 Å². The van der Waals surface area contributed by atoms with E-state index in [1.165, 1.54) is 27.1 Å². The largest absolute Gasteiger partial charge is 0.481 e. The molecule has 0 amide bonds. The number of carbonyl (C=O) groups is 1. The second-order valence-corrected chi connectivity index (χ2v) is 12.8. The van der Waals surface area contributed by atoms with E-state index in [9.17, 15) is 9.90 Å². The normalized spacial score (nSPS) is 14.7. The number of aliphatic hydroxyl groups excluding tert-OH is 1. The Labute approximate surface area is 231 Å². The van der Waals surface area contributed by atoms with Crippen molar-refractivity contribution in [1.82, 2.24) is 10.2 Å². The quantitative estimate of drug-likeness (QED) is 0.262. The van der Waals surface area contributed by atoms with Crippen molar-refractivity contribution in [3.63, 3.8) is 0 Å². The van der Waals surface area contributed by atoms with Crippen LogP contribution in [0.4, 0.5) is 0 Å². The number of β-amino-alcohol motifs (C(OH)–C–C–N with tert-alkyl or cyclic N) is 1. The summed E-state index contributed by atoms with van der Waals surface area (Å²) in [7, 11) is 2.05. The van der Waals surface area contributed by atoms with Crippen LogP contribution in [0.3, 0.4) is 0 Å². The SMILES string of the molecule is Cc1cc(CCC(=O)O)sc1-c1cccc(CN(C)C[C@H](O)CNC(C)(C)CC2Cc3ccccc3C2)c1. The van der Waals surface area contributed by atoms with Gasteiger partial charge in [-0.2, -0.15) is 0 Å². The molecule has 1 aromatic heterocycles. The first-order valence-electron chi connectivity index (χ1n) is 13.7. The number of nitrogens with zero attached hydrogens (tertiary/aromatic N) is 1. The molecule has 6 heteroatoms. The Morgan fingerprint density at radius 3 is 2.53 bits per heavy atom. The number of aliphatic carboxylic acids is 1. The number of hydrogen-bond donors (Lipinski definition) is 3. The van der Waals surface area contributed by atoms with E-state index in [1.54, 1.807) is 11.3 Å². The van der Waals surface area contributed by atoms with Crippen LogP contribution in [0, 0.1) is 12.8 Å². The lowest BCUT2D eigenvalue weighted by Crippen LogP contribution is -2.47. The summed E-state index contributed by atoms with van der Waals surface area (Å²) in [6, 6.07) is 19.4. The predicted molar refractivity (Wildman–Crippen MR) is 157 cm³/mol. The van der Waals surface area contributed by atoms with Gasteiger partial charge in [0.1, 0.15) is 0 Å². The Kier molecular flexibility index (Phi) is 9.42. The summed E-state index contributed by atoms with van der Waals surface area (Å²) in [6.45, 7) is 8.51. The zero-order chi connectivity index (χ0) is 27.3. The van der Waals surface area contributed by atoms with Crippen LogP contribution in [0.5, 0.6) is 0 Å². The molecule has 204 valence electrons. The summed E-state index contributed by atoms with van der Waals surface area (Å²) in [5.74, 6) is -0.106. The Balaban J connectivity index is 1.25. The molecule has 3 aromatic rings. The molecule has 0 saturated heterocycles. The van der Waals surface area contributed by atoms with Crippen LogP contribution in [-0.4, -0.2) is 52.9 Å². The van der Waals surface area contributed by atoms with E-state index in [-0.39, 0.29) is 12.0 Å². The molecule has 1 heterocycles. The van der Waals surface area contributed by atoms with Gasteiger partial charge in [0.05, 0.1) is 12.5 Å². The van der Waals surface area contributed by atoms with Crippen molar-refractivity contribution in [1.29, 1.82) is 0 Å². The van der Waals surface area contributed by atoms with Crippen molar-refractivity contribution in [2.75, 3.05) is 20.1 Å². The fourth-order valence-electron chi connectivity index (χ4n) is 5.78. The first-order chi connectivity index (χ1) is 18.1. The van der Waals surface area contributed by atoms with Gasteiger partial charge in [-0.15, -0.1) is 11.3 Å². The molecule has 1 atom stereocenters. The highest BCUT2D eigenvalue weighted by atomic mass is 32.1. The van der Waals surface area contributed by atoms with Crippen LogP contribution in [0.25, 0.3) is 10.4 Å². The van der Waals surface area contributed by atoms with Gasteiger partial charge in [-0.3, -0.25) is 9.69 Å². The number of carboxylic acids is 1. The summed E-state index contributed by atoms with van der Waals surface area (Å²) >= 11 is 1.68. The van der Waals surface area contributed by atoms with E-state index in [2.05, 4.69) is 92.6 Å². The molecule has 4 rings (SSSR count). The highest BCUT2D eigenvalue weighted by molar-refractivity contribution is 7.15. The minimum absolute atomic E-state index is 0.0253. The molecule has 0 radical (unpaired) electrons. The van der Waals surface area contributed by atoms with Gasteiger partial charge in [-0.25, -0.2) is 0 Å². The highest BCUT2D eigenvalue weighted by Crippen LogP contribution is 2.34. The zero-order valence-corrected chi connectivity index (χ0v) is 24.0. The summed E-state index contributed by atoms with van der Waals surface area (Å²) in [4.78, 5) is 15.4. The third-order valence-electron chi connectivity index (χ3n) is 7.47. The van der Waals surface area contributed by atoms with E-state index >= 15 is 0 Å². The molecule has 0 bridgehead atoms. The van der Waals surface area contributed by atoms with Crippen molar-refractivity contribution >= 4 is 17.3 Å². The molecule has 0 fully saturated rings. The topological polar surface area (TPSA) is 72.8 Å². The maximum atomic E-state index is 10.9. The average Bonchev–Trinajstić information content (AvgIpc) is 3.43. The number of fused-ring (bicyclic) bond motifs is 1. The van der Waals surface area contributed by atoms with E-state index < -0.39 is 12.1 Å². The van der Waals surface area contributed by atoms with Crippen LogP contribution < -0.4 is 5.32 Å². The van der Waals surface area contributed by atoms with Gasteiger partial charge >= 0.3 is 5.97 Å². The number of aryl methyl sites for hydroxylation is 2. The average molecular weight is 535 g/mol. The van der Waals surface area contributed by atoms with Crippen LogP contribution >= 0.6 is 11.3 Å². The van der Waals surface area contributed by atoms with Crippen LogP contribution in [0.1, 0.15) is 53.8 Å². The first-order valence-corrected chi connectivity index (χ1v) is 14.5. The number of benzene rings is 2. The van der Waals surface area contributed by atoms with Gasteiger partial charge in [-0.1, -0.05) is 42.5 Å². The fraction of sp³-hybridized carbons (Fsp3) is 0.469. The summed E-state index contributed by atoms with van der Waals surface area (Å²) in [5.41, 5.74) is 6.51. The van der Waals surface area contributed by atoms with Crippen LogP contribution in [0.15, 0.2) is 54.6 Å². The second kappa shape index (κ2) is 12.6. The monoisotopic (exact) mass is 534 g/mol. The molecule has 0 aliphatic heterocycles. The molecule has 38 heavy (non-hydrogen) atoms. The van der Waals surface area contributed by atoms with Gasteiger partial charge in [-0.05, 0) is 99.4 Å². The summed E-state index contributed by atoms with van der Waals surface area (Å²) < 4.78 is 0. The number of rotatable bonds is 13. The second-order valence-electron chi connectivity index (χ2n) is 11.7. The van der Waals surface area contributed by atoms with Gasteiger partial charge in [0.15, 0.2) is 0 Å². The Morgan fingerprint density at radius 1 is 1.13 bits per heavy atom. The maximum absolute atomic E-state index is 10.9. The predicted octanol–water partition coefficient (Wildman–Crippen LogP) is 5.71. The van der Waals surface area contributed by atoms with E-state index in [4.69, 9.17) is 5.11 Å². The van der Waals surface area contributed by atoms with Crippen molar-refractivity contribution in [2.45, 2.75) is 71.1 Å². The third-order valence-corrected chi connectivity index (χ3v) is 8.81. The number of thiophene rings is 1. The Morgan fingerprint density at radius 2 is 1.84 bits per heavy atom. The van der Waals surface area contributed by atoms with E-state index in [0.717, 1.165) is 36.2 Å². The van der Waals surface area contributed by atoms with Gasteiger partial charge < -0.3 is 15.5 Å². The molecule has 0 unspecified atom stereocenters. The van der Waals surface area contributed by atoms with Gasteiger partial charge in [0.25, 0.3) is 0 Å². The molecule has 1 aliphatic rings. The Bertz CT molecular complexity index is 1210. The lowest BCUT2D eigenvalue weighted by atomic mass is 9.88. The lowest BCUT2D eigenvalue weighted by Gasteiger charge is -2.31. The number of aliphatic hydroxyl groups is 1. The number of nitrogens with one attached hydrogen (secondary N) is 1. The van der Waals surface area contributed by atoms with Crippen molar-refractivity contribution < 1.29 is 15.0 Å². The standard InChI is InChI=1S/C32H42N2O3S/c1-22-14-29(12-13-30(36)37)38-31(22)27-11-7-8-23(15-27)20-34(4)21-28(35)19-33-32(2,3)18-24-16-25-9-5-6-10-26(25)17-24/h5-11,14-15,24,28,33,35H,12-13,16-21H2,1-4H3,(H,36,37)/t28-/m1/s1. The van der Waals surface area contributed by atoms with Crippen molar-refractivity contribution in [2.24, 2.45) is 5.92 Å². The van der Waals surface area contributed by atoms with Crippen LogP contribution in [0.2, 0.25) is 0 Å². The van der Waals surface area contributed by atoms with E-state index in [1.807, 2.05) is 0 Å². The molecule has 1 aliphatic carbocycles. The maximum Gasteiger partial charge on any atom is 0.303 e. The first kappa shape index (κ1) is 28.5. The molecule has 0 spiro atoms.